The zero-order chi connectivity index (χ0) is 22.1. The number of esters is 1. The van der Waals surface area contributed by atoms with E-state index in [1.165, 1.54) is 0 Å². The molecule has 4 nitrogen and oxygen atoms in total. The van der Waals surface area contributed by atoms with Crippen LogP contribution in [-0.4, -0.2) is 29.6 Å². The number of aromatic nitrogens is 1. The smallest absolute Gasteiger partial charge is 0.343 e. The van der Waals surface area contributed by atoms with E-state index < -0.39 is 11.6 Å². The highest BCUT2D eigenvalue weighted by Gasteiger charge is 2.29. The van der Waals surface area contributed by atoms with E-state index >= 15 is 0 Å². The van der Waals surface area contributed by atoms with Gasteiger partial charge in [0.1, 0.15) is 17.0 Å². The zero-order valence-corrected chi connectivity index (χ0v) is 19.4. The van der Waals surface area contributed by atoms with Crippen LogP contribution in [0.25, 0.3) is 22.0 Å². The second-order valence-electron chi connectivity index (χ2n) is 8.03. The second-order valence-corrected chi connectivity index (χ2v) is 8.90. The molecule has 0 amide bonds. The van der Waals surface area contributed by atoms with Gasteiger partial charge in [-0.05, 0) is 70.5 Å². The molecule has 0 unspecified atom stereocenters. The lowest BCUT2D eigenvalue weighted by Gasteiger charge is -2.27. The summed E-state index contributed by atoms with van der Waals surface area (Å²) >= 11 is 12.6. The van der Waals surface area contributed by atoms with Gasteiger partial charge in [-0.1, -0.05) is 35.3 Å². The van der Waals surface area contributed by atoms with Crippen molar-refractivity contribution in [3.63, 3.8) is 0 Å². The summed E-state index contributed by atoms with van der Waals surface area (Å²) in [5.41, 5.74) is 2.06. The van der Waals surface area contributed by atoms with E-state index in [0.717, 1.165) is 22.0 Å². The van der Waals surface area contributed by atoms with E-state index in [9.17, 15) is 4.79 Å². The molecule has 0 atom stereocenters. The van der Waals surface area contributed by atoms with Crippen LogP contribution in [0.5, 0.6) is 0 Å². The average molecular weight is 445 g/mol. The third-order valence-electron chi connectivity index (χ3n) is 4.71. The van der Waals surface area contributed by atoms with Crippen LogP contribution in [0.2, 0.25) is 10.0 Å². The number of anilines is 1. The molecule has 3 rings (SSSR count). The number of rotatable bonds is 5. The lowest BCUT2D eigenvalue weighted by Crippen LogP contribution is -2.29. The third-order valence-corrected chi connectivity index (χ3v) is 5.18. The van der Waals surface area contributed by atoms with Crippen molar-refractivity contribution in [2.24, 2.45) is 0 Å². The molecule has 0 aliphatic heterocycles. The fraction of sp³-hybridized carbons (Fsp3) is 0.333. The number of nitrogens with zero attached hydrogens (tertiary/aromatic N) is 2. The number of ether oxygens (including phenoxy) is 1. The number of fused-ring (bicyclic) bond motifs is 1. The third kappa shape index (κ3) is 4.71. The minimum Gasteiger partial charge on any atom is -0.456 e. The summed E-state index contributed by atoms with van der Waals surface area (Å²) in [5, 5.41) is 1.93. The molecule has 0 aliphatic carbocycles. The Kier molecular flexibility index (Phi) is 6.59. The predicted octanol–water partition coefficient (Wildman–Crippen LogP) is 7.01. The molecule has 6 heteroatoms. The van der Waals surface area contributed by atoms with Gasteiger partial charge in [0.2, 0.25) is 0 Å². The second kappa shape index (κ2) is 8.83. The molecule has 0 saturated heterocycles. The highest BCUT2D eigenvalue weighted by atomic mass is 35.5. The fourth-order valence-corrected chi connectivity index (χ4v) is 3.80. The number of hydrogen-bond donors (Lipinski definition) is 0. The molecule has 0 N–H and O–H groups in total. The van der Waals surface area contributed by atoms with Gasteiger partial charge in [-0.3, -0.25) is 0 Å². The molecule has 0 spiro atoms. The Hall–Kier alpha value is -2.30. The van der Waals surface area contributed by atoms with Crippen LogP contribution in [0.1, 0.15) is 45.0 Å². The first kappa shape index (κ1) is 22.4. The van der Waals surface area contributed by atoms with Crippen molar-refractivity contribution in [3.8, 4) is 11.1 Å². The molecule has 3 aromatic rings. The Morgan fingerprint density at radius 2 is 1.70 bits per heavy atom. The molecule has 0 radical (unpaired) electrons. The molecule has 0 fully saturated rings. The van der Waals surface area contributed by atoms with E-state index in [1.807, 2.05) is 65.0 Å². The van der Waals surface area contributed by atoms with Crippen LogP contribution < -0.4 is 4.90 Å². The lowest BCUT2D eigenvalue weighted by molar-refractivity contribution is 0.00710. The van der Waals surface area contributed by atoms with E-state index in [0.29, 0.717) is 34.5 Å². The maximum Gasteiger partial charge on any atom is 0.343 e. The first-order valence-electron chi connectivity index (χ1n) is 10.0. The Morgan fingerprint density at radius 1 is 1.03 bits per heavy atom. The van der Waals surface area contributed by atoms with Gasteiger partial charge in [0.15, 0.2) is 0 Å². The highest BCUT2D eigenvalue weighted by molar-refractivity contribution is 6.32. The largest absolute Gasteiger partial charge is 0.456 e. The van der Waals surface area contributed by atoms with E-state index in [1.54, 1.807) is 12.1 Å². The standard InChI is InChI=1S/C24H26Cl2N2O2/c1-6-28(7-2)22-21(23(29)30-24(3,4)5)20(15-9-8-10-16(25)13-15)18-14-17(26)11-12-19(18)27-22/h8-14H,6-7H2,1-5H3. The van der Waals surface area contributed by atoms with E-state index in [4.69, 9.17) is 32.9 Å². The number of carbonyl (C=O) groups is 1. The fourth-order valence-electron chi connectivity index (χ4n) is 3.44. The SMILES string of the molecule is CCN(CC)c1nc2ccc(Cl)cc2c(-c2cccc(Cl)c2)c1C(=O)OC(C)(C)C. The van der Waals surface area contributed by atoms with Gasteiger partial charge in [0, 0.05) is 34.1 Å². The minimum absolute atomic E-state index is 0.422. The topological polar surface area (TPSA) is 42.4 Å². The first-order chi connectivity index (χ1) is 14.1. The monoisotopic (exact) mass is 444 g/mol. The van der Waals surface area contributed by atoms with Crippen molar-refractivity contribution in [1.29, 1.82) is 0 Å². The van der Waals surface area contributed by atoms with Crippen LogP contribution >= 0.6 is 23.2 Å². The van der Waals surface area contributed by atoms with Gasteiger partial charge >= 0.3 is 5.97 Å². The summed E-state index contributed by atoms with van der Waals surface area (Å²) in [7, 11) is 0. The summed E-state index contributed by atoms with van der Waals surface area (Å²) in [6.45, 7) is 11.0. The van der Waals surface area contributed by atoms with Crippen molar-refractivity contribution < 1.29 is 9.53 Å². The Labute approximate surface area is 187 Å². The van der Waals surface area contributed by atoms with Crippen LogP contribution in [0.15, 0.2) is 42.5 Å². The van der Waals surface area contributed by atoms with Gasteiger partial charge in [0.25, 0.3) is 0 Å². The molecule has 1 heterocycles. The average Bonchev–Trinajstić information content (AvgIpc) is 2.66. The quantitative estimate of drug-likeness (QED) is 0.396. The van der Waals surface area contributed by atoms with Gasteiger partial charge < -0.3 is 9.64 Å². The molecule has 2 aromatic carbocycles. The van der Waals surface area contributed by atoms with Gasteiger partial charge in [-0.15, -0.1) is 0 Å². The van der Waals surface area contributed by atoms with Crippen LogP contribution in [0, 0.1) is 0 Å². The van der Waals surface area contributed by atoms with Crippen LogP contribution in [-0.2, 0) is 4.74 Å². The summed E-state index contributed by atoms with van der Waals surface area (Å²) in [5.74, 6) is 0.174. The Balaban J connectivity index is 2.46. The molecular formula is C24H26Cl2N2O2. The van der Waals surface area contributed by atoms with Gasteiger partial charge in [-0.2, -0.15) is 0 Å². The van der Waals surface area contributed by atoms with Gasteiger partial charge in [-0.25, -0.2) is 9.78 Å². The lowest BCUT2D eigenvalue weighted by atomic mass is 9.95. The van der Waals surface area contributed by atoms with Crippen molar-refractivity contribution in [2.45, 2.75) is 40.2 Å². The van der Waals surface area contributed by atoms with Crippen molar-refractivity contribution in [3.05, 3.63) is 58.1 Å². The summed E-state index contributed by atoms with van der Waals surface area (Å²) in [6.07, 6.45) is 0. The number of carbonyl (C=O) groups excluding carboxylic acids is 1. The number of halogens is 2. The van der Waals surface area contributed by atoms with Crippen molar-refractivity contribution in [1.82, 2.24) is 4.98 Å². The molecule has 0 saturated carbocycles. The van der Waals surface area contributed by atoms with Crippen molar-refractivity contribution >= 4 is 45.9 Å². The maximum atomic E-state index is 13.5. The van der Waals surface area contributed by atoms with E-state index in [2.05, 4.69) is 4.90 Å². The number of pyridine rings is 1. The van der Waals surface area contributed by atoms with Crippen LogP contribution in [0.3, 0.4) is 0 Å². The maximum absolute atomic E-state index is 13.5. The molecule has 1 aromatic heterocycles. The number of benzene rings is 2. The summed E-state index contributed by atoms with van der Waals surface area (Å²) < 4.78 is 5.80. The molecular weight excluding hydrogens is 419 g/mol. The minimum atomic E-state index is -0.646. The highest BCUT2D eigenvalue weighted by Crippen LogP contribution is 2.39. The van der Waals surface area contributed by atoms with Crippen molar-refractivity contribution in [2.75, 3.05) is 18.0 Å². The summed E-state index contributed by atoms with van der Waals surface area (Å²) in [4.78, 5) is 20.4. The summed E-state index contributed by atoms with van der Waals surface area (Å²) in [6, 6.07) is 13.0. The van der Waals surface area contributed by atoms with Crippen LogP contribution in [0.4, 0.5) is 5.82 Å². The van der Waals surface area contributed by atoms with Gasteiger partial charge in [0.05, 0.1) is 5.52 Å². The first-order valence-corrected chi connectivity index (χ1v) is 10.8. The predicted molar refractivity (Wildman–Crippen MR) is 126 cm³/mol. The normalized spacial score (nSPS) is 11.6. The number of hydrogen-bond acceptors (Lipinski definition) is 4. The zero-order valence-electron chi connectivity index (χ0n) is 17.9. The Bertz CT molecular complexity index is 1090. The molecule has 0 aliphatic rings. The van der Waals surface area contributed by atoms with E-state index in [-0.39, 0.29) is 0 Å². The molecule has 30 heavy (non-hydrogen) atoms. The molecule has 158 valence electrons. The molecule has 0 bridgehead atoms. The Morgan fingerprint density at radius 3 is 2.30 bits per heavy atom.